The van der Waals surface area contributed by atoms with E-state index in [0.29, 0.717) is 0 Å². The molecule has 1 fully saturated rings. The Hall–Kier alpha value is -3.61. The molecular formula is C26H29FN3O9P. The highest BCUT2D eigenvalue weighted by Gasteiger charge is 2.39. The highest BCUT2D eigenvalue weighted by molar-refractivity contribution is 7.52. The van der Waals surface area contributed by atoms with Crippen LogP contribution in [0, 0.1) is 12.7 Å². The minimum atomic E-state index is -4.34. The molecule has 1 aromatic heterocycles. The van der Waals surface area contributed by atoms with Crippen molar-refractivity contribution in [2.75, 3.05) is 6.61 Å². The van der Waals surface area contributed by atoms with Gasteiger partial charge >= 0.3 is 19.4 Å². The van der Waals surface area contributed by atoms with Crippen molar-refractivity contribution < 1.29 is 37.4 Å². The molecule has 3 N–H and O–H groups in total. The third kappa shape index (κ3) is 7.52. The van der Waals surface area contributed by atoms with E-state index in [4.69, 9.17) is 18.5 Å². The number of aryl methyl sites for hydroxylation is 1. The molecule has 214 valence electrons. The van der Waals surface area contributed by atoms with Gasteiger partial charge in [0.2, 0.25) is 0 Å². The Bertz CT molecular complexity index is 1480. The minimum absolute atomic E-state index is 0.0110. The Morgan fingerprint density at radius 3 is 2.62 bits per heavy atom. The molecule has 40 heavy (non-hydrogen) atoms. The lowest BCUT2D eigenvalue weighted by Gasteiger charge is -2.24. The Morgan fingerprint density at radius 1 is 1.23 bits per heavy atom. The minimum Gasteiger partial charge on any atom is -0.460 e. The second-order valence-corrected chi connectivity index (χ2v) is 10.9. The van der Waals surface area contributed by atoms with Gasteiger partial charge in [-0.2, -0.15) is 5.09 Å². The fraction of sp³-hybridized carbons (Fsp3) is 0.346. The number of esters is 1. The number of aliphatic hydroxyl groups excluding tert-OH is 1. The number of H-pyrrole nitrogens is 1. The Labute approximate surface area is 228 Å². The highest BCUT2D eigenvalue weighted by Crippen LogP contribution is 2.46. The first-order valence-corrected chi connectivity index (χ1v) is 13.9. The summed E-state index contributed by atoms with van der Waals surface area (Å²) in [6.07, 6.45) is -1.80. The van der Waals surface area contributed by atoms with Crippen molar-refractivity contribution in [1.29, 1.82) is 0 Å². The number of nitrogens with one attached hydrogen (secondary N) is 2. The van der Waals surface area contributed by atoms with Crippen molar-refractivity contribution in [1.82, 2.24) is 14.6 Å². The van der Waals surface area contributed by atoms with E-state index in [9.17, 15) is 28.4 Å². The molecule has 14 heteroatoms. The maximum Gasteiger partial charge on any atom is 0.459 e. The SMILES string of the molecule is Cc1cn([C@H]2CC(O)[C@@H](COP(=O)(N[C@@H](C)C(=O)OCc3ccccc3)Oc3ccc(F)cc3)O2)c(=O)[nH]c1=O. The van der Waals surface area contributed by atoms with Crippen LogP contribution in [0.5, 0.6) is 5.75 Å². The molecule has 1 aliphatic rings. The molecule has 0 amide bonds. The van der Waals surface area contributed by atoms with Crippen LogP contribution in [-0.4, -0.2) is 45.5 Å². The number of hydrogen-bond donors (Lipinski definition) is 3. The zero-order chi connectivity index (χ0) is 28.9. The van der Waals surface area contributed by atoms with Gasteiger partial charge in [0.25, 0.3) is 5.56 Å². The van der Waals surface area contributed by atoms with E-state index in [1.807, 2.05) is 6.07 Å². The van der Waals surface area contributed by atoms with Gasteiger partial charge in [-0.3, -0.25) is 23.7 Å². The summed E-state index contributed by atoms with van der Waals surface area (Å²) in [7, 11) is -4.34. The highest BCUT2D eigenvalue weighted by atomic mass is 31.2. The van der Waals surface area contributed by atoms with Crippen molar-refractivity contribution in [3.05, 3.63) is 98.6 Å². The average Bonchev–Trinajstić information content (AvgIpc) is 3.30. The standard InChI is InChI=1S/C26H29FN3O9P/c1-16-13-30(26(34)28-24(16)32)23-12-21(31)22(38-23)15-37-40(35,39-20-10-8-19(27)9-11-20)29-17(2)25(33)36-14-18-6-4-3-5-7-18/h3-11,13,17,21-23,31H,12,14-15H2,1-2H3,(H,29,35)(H,28,32,34)/t17-,21?,22+,23+,40?/m0/s1. The van der Waals surface area contributed by atoms with Crippen LogP contribution in [0.15, 0.2) is 70.4 Å². The van der Waals surface area contributed by atoms with Crippen LogP contribution in [0.25, 0.3) is 0 Å². The van der Waals surface area contributed by atoms with E-state index in [-0.39, 0.29) is 24.3 Å². The van der Waals surface area contributed by atoms with Crippen molar-refractivity contribution >= 4 is 13.7 Å². The number of carbonyl (C=O) groups is 1. The first-order chi connectivity index (χ1) is 19.0. The molecule has 4 rings (SSSR count). The molecular weight excluding hydrogens is 548 g/mol. The molecule has 3 aromatic rings. The summed E-state index contributed by atoms with van der Waals surface area (Å²) in [5.41, 5.74) is -0.235. The van der Waals surface area contributed by atoms with E-state index in [1.165, 1.54) is 32.2 Å². The predicted molar refractivity (Wildman–Crippen MR) is 140 cm³/mol. The Kier molecular flexibility index (Phi) is 9.33. The van der Waals surface area contributed by atoms with Crippen molar-refractivity contribution in [2.45, 2.75) is 51.4 Å². The van der Waals surface area contributed by atoms with E-state index in [0.717, 1.165) is 22.3 Å². The number of nitrogens with zero attached hydrogens (tertiary/aromatic N) is 1. The van der Waals surface area contributed by atoms with Gasteiger partial charge in [-0.1, -0.05) is 30.3 Å². The monoisotopic (exact) mass is 577 g/mol. The largest absolute Gasteiger partial charge is 0.460 e. The molecule has 0 saturated carbocycles. The van der Waals surface area contributed by atoms with E-state index in [2.05, 4.69) is 10.1 Å². The summed E-state index contributed by atoms with van der Waals surface area (Å²) in [4.78, 5) is 38.7. The van der Waals surface area contributed by atoms with E-state index >= 15 is 0 Å². The van der Waals surface area contributed by atoms with Crippen LogP contribution in [0.2, 0.25) is 0 Å². The second-order valence-electron chi connectivity index (χ2n) is 9.19. The average molecular weight is 578 g/mol. The van der Waals surface area contributed by atoms with Crippen LogP contribution in [0.3, 0.4) is 0 Å². The number of aromatic amines is 1. The number of aromatic nitrogens is 2. The number of hydrogen-bond acceptors (Lipinski definition) is 9. The third-order valence-corrected chi connectivity index (χ3v) is 7.68. The van der Waals surface area contributed by atoms with Crippen molar-refractivity contribution in [2.24, 2.45) is 0 Å². The second kappa shape index (κ2) is 12.7. The number of aliphatic hydroxyl groups is 1. The van der Waals surface area contributed by atoms with E-state index < -0.39 is 61.9 Å². The van der Waals surface area contributed by atoms with Crippen LogP contribution in [0.1, 0.15) is 30.7 Å². The molecule has 2 unspecified atom stereocenters. The first-order valence-electron chi connectivity index (χ1n) is 12.4. The van der Waals surface area contributed by atoms with Crippen LogP contribution < -0.4 is 20.9 Å². The topological polar surface area (TPSA) is 158 Å². The zero-order valence-corrected chi connectivity index (χ0v) is 22.6. The van der Waals surface area contributed by atoms with Gasteiger partial charge in [0.1, 0.15) is 36.5 Å². The molecule has 0 bridgehead atoms. The van der Waals surface area contributed by atoms with Gasteiger partial charge in [-0.15, -0.1) is 0 Å². The summed E-state index contributed by atoms with van der Waals surface area (Å²) in [5, 5.41) is 13.0. The summed E-state index contributed by atoms with van der Waals surface area (Å²) in [6.45, 7) is 2.44. The fourth-order valence-corrected chi connectivity index (χ4v) is 5.38. The summed E-state index contributed by atoms with van der Waals surface area (Å²) >= 11 is 0. The molecule has 2 heterocycles. The third-order valence-electron chi connectivity index (χ3n) is 6.04. The molecule has 1 aliphatic heterocycles. The molecule has 1 saturated heterocycles. The van der Waals surface area contributed by atoms with Gasteiger partial charge < -0.3 is 19.1 Å². The quantitative estimate of drug-likeness (QED) is 0.228. The van der Waals surface area contributed by atoms with Crippen molar-refractivity contribution in [3.63, 3.8) is 0 Å². The maximum absolute atomic E-state index is 13.7. The summed E-state index contributed by atoms with van der Waals surface area (Å²) < 4.78 is 50.3. The van der Waals surface area contributed by atoms with Gasteiger partial charge in [0.15, 0.2) is 0 Å². The molecule has 0 spiro atoms. The Morgan fingerprint density at radius 2 is 1.93 bits per heavy atom. The Balaban J connectivity index is 1.45. The zero-order valence-electron chi connectivity index (χ0n) is 21.7. The van der Waals surface area contributed by atoms with Gasteiger partial charge in [-0.25, -0.2) is 13.8 Å². The van der Waals surface area contributed by atoms with Crippen LogP contribution >= 0.6 is 7.75 Å². The van der Waals surface area contributed by atoms with Gasteiger partial charge in [-0.05, 0) is 43.7 Å². The fourth-order valence-electron chi connectivity index (χ4n) is 3.88. The lowest BCUT2D eigenvalue weighted by Crippen LogP contribution is -2.36. The number of ether oxygens (including phenoxy) is 2. The number of carbonyl (C=O) groups excluding carboxylic acids is 1. The first kappa shape index (κ1) is 29.4. The molecule has 0 aliphatic carbocycles. The lowest BCUT2D eigenvalue weighted by molar-refractivity contribution is -0.146. The van der Waals surface area contributed by atoms with Gasteiger partial charge in [0.05, 0.1) is 12.7 Å². The molecule has 2 aromatic carbocycles. The van der Waals surface area contributed by atoms with Gasteiger partial charge in [0, 0.05) is 18.2 Å². The molecule has 12 nitrogen and oxygen atoms in total. The van der Waals surface area contributed by atoms with Crippen LogP contribution in [-0.2, 0) is 30.0 Å². The van der Waals surface area contributed by atoms with E-state index in [1.54, 1.807) is 24.3 Å². The maximum atomic E-state index is 13.7. The normalized spacial score (nSPS) is 20.9. The predicted octanol–water partition coefficient (Wildman–Crippen LogP) is 2.56. The lowest BCUT2D eigenvalue weighted by atomic mass is 10.2. The smallest absolute Gasteiger partial charge is 0.459 e. The number of rotatable bonds is 11. The number of halogens is 1. The summed E-state index contributed by atoms with van der Waals surface area (Å²) in [6, 6.07) is 12.5. The van der Waals surface area contributed by atoms with Crippen LogP contribution in [0.4, 0.5) is 4.39 Å². The number of benzene rings is 2. The summed E-state index contributed by atoms with van der Waals surface area (Å²) in [5.74, 6) is -1.29. The molecule has 0 radical (unpaired) electrons. The molecule has 5 atom stereocenters. The van der Waals surface area contributed by atoms with Crippen molar-refractivity contribution in [3.8, 4) is 5.75 Å².